The van der Waals surface area contributed by atoms with E-state index < -0.39 is 16.5 Å². The highest BCUT2D eigenvalue weighted by molar-refractivity contribution is 6.35. The summed E-state index contributed by atoms with van der Waals surface area (Å²) in [5.74, 6) is -0.695. The lowest BCUT2D eigenvalue weighted by Crippen LogP contribution is -2.13. The zero-order valence-corrected chi connectivity index (χ0v) is 14.0. The maximum Gasteiger partial charge on any atom is 0.319 e. The van der Waals surface area contributed by atoms with E-state index in [0.717, 1.165) is 6.20 Å². The molecule has 0 spiro atoms. The molecule has 0 aliphatic heterocycles. The monoisotopic (exact) mass is 380 g/mol. The van der Waals surface area contributed by atoms with Crippen molar-refractivity contribution in [1.29, 1.82) is 0 Å². The highest BCUT2D eigenvalue weighted by atomic mass is 35.5. The van der Waals surface area contributed by atoms with Gasteiger partial charge >= 0.3 is 5.69 Å². The highest BCUT2D eigenvalue weighted by Gasteiger charge is 2.23. The molecular weight excluding hydrogens is 371 g/mol. The number of carbonyl (C=O) groups excluding carboxylic acids is 1. The zero-order valence-electron chi connectivity index (χ0n) is 12.4. The van der Waals surface area contributed by atoms with Crippen LogP contribution in [0.5, 0.6) is 0 Å². The summed E-state index contributed by atoms with van der Waals surface area (Å²) in [4.78, 5) is 22.3. The first-order valence-corrected chi connectivity index (χ1v) is 7.65. The van der Waals surface area contributed by atoms with Crippen molar-refractivity contribution in [2.45, 2.75) is 6.54 Å². The fourth-order valence-electron chi connectivity index (χ4n) is 2.14. The van der Waals surface area contributed by atoms with Crippen LogP contribution in [0.2, 0.25) is 10.0 Å². The number of nitro groups is 1. The third-order valence-electron chi connectivity index (χ3n) is 3.32. The third kappa shape index (κ3) is 3.62. The normalized spacial score (nSPS) is 10.6. The average Bonchev–Trinajstić information content (AvgIpc) is 3.20. The summed E-state index contributed by atoms with van der Waals surface area (Å²) < 4.78 is 1.53. The van der Waals surface area contributed by atoms with Crippen LogP contribution in [0.25, 0.3) is 0 Å². The first-order valence-electron chi connectivity index (χ1n) is 6.90. The Bertz CT molecular complexity index is 931. The summed E-state index contributed by atoms with van der Waals surface area (Å²) in [5.41, 5.74) is 0.396. The maximum absolute atomic E-state index is 12.1. The summed E-state index contributed by atoms with van der Waals surface area (Å²) in [6, 6.07) is 5.17. The van der Waals surface area contributed by atoms with Crippen molar-refractivity contribution in [3.8, 4) is 0 Å². The summed E-state index contributed by atoms with van der Waals surface area (Å²) in [6.07, 6.45) is 3.93. The molecule has 1 amide bonds. The van der Waals surface area contributed by atoms with Crippen LogP contribution in [0.15, 0.2) is 36.8 Å². The summed E-state index contributed by atoms with van der Waals surface area (Å²) >= 11 is 12.2. The van der Waals surface area contributed by atoms with Gasteiger partial charge in [0, 0.05) is 21.8 Å². The fraction of sp³-hybridized carbons (Fsp3) is 0.0714. The Labute approximate surface area is 150 Å². The lowest BCUT2D eigenvalue weighted by Gasteiger charge is -2.06. The molecule has 0 fully saturated rings. The molecule has 0 radical (unpaired) electrons. The SMILES string of the molecule is O=C(Nc1cnn(Cc2c(Cl)cccc2Cl)c1)c1[nH]ncc1[N+](=O)[O-]. The Morgan fingerprint density at radius 1 is 1.32 bits per heavy atom. The lowest BCUT2D eigenvalue weighted by atomic mass is 10.2. The van der Waals surface area contributed by atoms with E-state index in [1.807, 2.05) is 0 Å². The van der Waals surface area contributed by atoms with E-state index in [4.69, 9.17) is 23.2 Å². The molecule has 2 heterocycles. The second kappa shape index (κ2) is 6.91. The van der Waals surface area contributed by atoms with Crippen LogP contribution in [-0.4, -0.2) is 30.8 Å². The van der Waals surface area contributed by atoms with Gasteiger partial charge in [-0.25, -0.2) is 0 Å². The van der Waals surface area contributed by atoms with Crippen molar-refractivity contribution >= 4 is 40.5 Å². The van der Waals surface area contributed by atoms with Crippen LogP contribution in [0.3, 0.4) is 0 Å². The smallest absolute Gasteiger partial charge is 0.318 e. The van der Waals surface area contributed by atoms with Gasteiger partial charge in [-0.15, -0.1) is 0 Å². The van der Waals surface area contributed by atoms with E-state index >= 15 is 0 Å². The van der Waals surface area contributed by atoms with Gasteiger partial charge in [-0.05, 0) is 12.1 Å². The second-order valence-corrected chi connectivity index (χ2v) is 5.78. The fourth-order valence-corrected chi connectivity index (χ4v) is 2.66. The van der Waals surface area contributed by atoms with Crippen molar-refractivity contribution in [1.82, 2.24) is 20.0 Å². The van der Waals surface area contributed by atoms with E-state index in [0.29, 0.717) is 27.8 Å². The second-order valence-electron chi connectivity index (χ2n) is 4.97. The van der Waals surface area contributed by atoms with Gasteiger partial charge in [-0.3, -0.25) is 24.7 Å². The number of anilines is 1. The molecule has 2 aromatic heterocycles. The molecule has 0 atom stereocenters. The maximum atomic E-state index is 12.1. The number of aromatic amines is 1. The Morgan fingerprint density at radius 2 is 2.04 bits per heavy atom. The molecule has 0 aliphatic rings. The Morgan fingerprint density at radius 3 is 2.72 bits per heavy atom. The molecule has 9 nitrogen and oxygen atoms in total. The van der Waals surface area contributed by atoms with Crippen molar-refractivity contribution in [3.63, 3.8) is 0 Å². The number of nitrogens with one attached hydrogen (secondary N) is 2. The quantitative estimate of drug-likeness (QED) is 0.520. The molecule has 0 saturated heterocycles. The number of benzene rings is 1. The molecule has 128 valence electrons. The molecular formula is C14H10Cl2N6O3. The number of aromatic nitrogens is 4. The van der Waals surface area contributed by atoms with Gasteiger partial charge in [0.15, 0.2) is 0 Å². The number of carbonyl (C=O) groups is 1. The van der Waals surface area contributed by atoms with Crippen molar-refractivity contribution in [2.75, 3.05) is 5.32 Å². The predicted octanol–water partition coefficient (Wildman–Crippen LogP) is 3.12. The number of H-pyrrole nitrogens is 1. The van der Waals surface area contributed by atoms with Crippen LogP contribution in [0.4, 0.5) is 11.4 Å². The molecule has 3 rings (SSSR count). The first-order chi connectivity index (χ1) is 12.0. The van der Waals surface area contributed by atoms with E-state index in [-0.39, 0.29) is 5.69 Å². The standard InChI is InChI=1S/C14H10Cl2N6O3/c15-10-2-1-3-11(16)9(10)7-21-6-8(4-18-21)19-14(23)13-12(22(24)25)5-17-20-13/h1-6H,7H2,(H,17,20)(H,19,23). The number of hydrogen-bond donors (Lipinski definition) is 2. The van der Waals surface area contributed by atoms with Crippen molar-refractivity contribution < 1.29 is 9.72 Å². The van der Waals surface area contributed by atoms with Crippen LogP contribution in [-0.2, 0) is 6.54 Å². The van der Waals surface area contributed by atoms with Gasteiger partial charge in [0.25, 0.3) is 5.91 Å². The number of halogens is 2. The van der Waals surface area contributed by atoms with Crippen LogP contribution in [0, 0.1) is 10.1 Å². The number of hydrogen-bond acceptors (Lipinski definition) is 5. The minimum absolute atomic E-state index is 0.244. The highest BCUT2D eigenvalue weighted by Crippen LogP contribution is 2.25. The summed E-state index contributed by atoms with van der Waals surface area (Å²) in [5, 5.41) is 24.3. The van der Waals surface area contributed by atoms with Crippen LogP contribution >= 0.6 is 23.2 Å². The molecule has 3 aromatic rings. The van der Waals surface area contributed by atoms with Gasteiger partial charge in [0.1, 0.15) is 6.20 Å². The summed E-state index contributed by atoms with van der Waals surface area (Å²) in [6.45, 7) is 0.304. The van der Waals surface area contributed by atoms with Crippen molar-refractivity contribution in [3.05, 3.63) is 68.2 Å². The van der Waals surface area contributed by atoms with E-state index in [1.165, 1.54) is 10.9 Å². The van der Waals surface area contributed by atoms with Crippen LogP contribution < -0.4 is 5.32 Å². The van der Waals surface area contributed by atoms with Gasteiger partial charge < -0.3 is 5.32 Å². The Hall–Kier alpha value is -2.91. The number of rotatable bonds is 5. The molecule has 1 aromatic carbocycles. The predicted molar refractivity (Wildman–Crippen MR) is 91.0 cm³/mol. The largest absolute Gasteiger partial charge is 0.319 e. The number of amides is 1. The van der Waals surface area contributed by atoms with Crippen molar-refractivity contribution in [2.24, 2.45) is 0 Å². The van der Waals surface area contributed by atoms with E-state index in [1.54, 1.807) is 24.4 Å². The first kappa shape index (κ1) is 16.9. The van der Waals surface area contributed by atoms with Gasteiger partial charge in [-0.2, -0.15) is 10.2 Å². The lowest BCUT2D eigenvalue weighted by molar-refractivity contribution is -0.385. The van der Waals surface area contributed by atoms with E-state index in [9.17, 15) is 14.9 Å². The molecule has 0 saturated carbocycles. The topological polar surface area (TPSA) is 119 Å². The molecule has 0 aliphatic carbocycles. The summed E-state index contributed by atoms with van der Waals surface area (Å²) in [7, 11) is 0. The van der Waals surface area contributed by atoms with Gasteiger partial charge in [-0.1, -0.05) is 29.3 Å². The zero-order chi connectivity index (χ0) is 18.0. The van der Waals surface area contributed by atoms with E-state index in [2.05, 4.69) is 20.6 Å². The Kier molecular flexibility index (Phi) is 4.68. The minimum Gasteiger partial charge on any atom is -0.318 e. The van der Waals surface area contributed by atoms with Gasteiger partial charge in [0.05, 0.1) is 23.4 Å². The molecule has 11 heteroatoms. The van der Waals surface area contributed by atoms with Gasteiger partial charge in [0.2, 0.25) is 5.69 Å². The molecule has 0 bridgehead atoms. The average molecular weight is 381 g/mol. The molecule has 25 heavy (non-hydrogen) atoms. The minimum atomic E-state index is -0.695. The molecule has 2 N–H and O–H groups in total. The van der Waals surface area contributed by atoms with Crippen LogP contribution in [0.1, 0.15) is 16.1 Å². The molecule has 0 unspecified atom stereocenters. The number of nitrogens with zero attached hydrogens (tertiary/aromatic N) is 4. The third-order valence-corrected chi connectivity index (χ3v) is 4.02. The Balaban J connectivity index is 1.75.